The van der Waals surface area contributed by atoms with E-state index < -0.39 is 0 Å². The van der Waals surface area contributed by atoms with Crippen LogP contribution in [0.2, 0.25) is 0 Å². The van der Waals surface area contributed by atoms with Gasteiger partial charge in [-0.25, -0.2) is 0 Å². The Morgan fingerprint density at radius 3 is 1.09 bits per heavy atom. The summed E-state index contributed by atoms with van der Waals surface area (Å²) in [5, 5.41) is 0. The topological polar surface area (TPSA) is 6.48 Å². The fourth-order valence-corrected chi connectivity index (χ4v) is 4.28. The van der Waals surface area contributed by atoms with Gasteiger partial charge in [0.2, 0.25) is 0 Å². The average Bonchev–Trinajstić information content (AvgIpc) is 2.91. The van der Waals surface area contributed by atoms with Gasteiger partial charge < -0.3 is 9.80 Å². The second kappa shape index (κ2) is 14.4. The van der Waals surface area contributed by atoms with Crippen molar-refractivity contribution >= 4 is 39.8 Å². The van der Waals surface area contributed by atoms with Crippen LogP contribution in [0.1, 0.15) is 29.6 Å². The van der Waals surface area contributed by atoms with Crippen LogP contribution in [0.3, 0.4) is 0 Å². The molecule has 2 nitrogen and oxygen atoms in total. The van der Waals surface area contributed by atoms with Gasteiger partial charge in [0.05, 0.1) is 12.1 Å². The van der Waals surface area contributed by atoms with E-state index in [2.05, 4.69) is 174 Å². The third kappa shape index (κ3) is 7.47. The van der Waals surface area contributed by atoms with Gasteiger partial charge in [0.15, 0.2) is 0 Å². The van der Waals surface area contributed by atoms with Crippen LogP contribution in [0.25, 0.3) is 0 Å². The molecule has 0 radical (unpaired) electrons. The molecule has 4 aromatic rings. The molecule has 0 aliphatic rings. The summed E-state index contributed by atoms with van der Waals surface area (Å²) < 4.78 is 0. The van der Waals surface area contributed by atoms with E-state index in [0.29, 0.717) is 0 Å². The molecule has 4 aromatic carbocycles. The Morgan fingerprint density at radius 1 is 0.529 bits per heavy atom. The van der Waals surface area contributed by atoms with Gasteiger partial charge in [-0.1, -0.05) is 97.1 Å². The first-order chi connectivity index (χ1) is 16.7. The van der Waals surface area contributed by atoms with Crippen molar-refractivity contribution in [1.82, 2.24) is 0 Å². The molecule has 0 saturated heterocycles. The van der Waals surface area contributed by atoms with Crippen molar-refractivity contribution in [2.45, 2.75) is 18.5 Å². The third-order valence-electron chi connectivity index (χ3n) is 6.08. The van der Waals surface area contributed by atoms with Crippen molar-refractivity contribution in [3.05, 3.63) is 132 Å². The molecule has 0 N–H and O–H groups in total. The Labute approximate surface area is 224 Å². The zero-order valence-electron chi connectivity index (χ0n) is 19.4. The van der Waals surface area contributed by atoms with Crippen molar-refractivity contribution in [1.29, 1.82) is 0 Å². The predicted molar refractivity (Wildman–Crippen MR) is 151 cm³/mol. The van der Waals surface area contributed by atoms with Crippen LogP contribution < -0.4 is 9.80 Å². The Morgan fingerprint density at radius 2 is 0.794 bits per heavy atom. The molecule has 0 aliphatic carbocycles. The van der Waals surface area contributed by atoms with E-state index >= 15 is 0 Å². The molecule has 0 amide bonds. The molecule has 0 spiro atoms. The first kappa shape index (κ1) is 26.5. The average molecular weight is 625 g/mol. The van der Waals surface area contributed by atoms with E-state index in [1.807, 2.05) is 0 Å². The van der Waals surface area contributed by atoms with Crippen molar-refractivity contribution < 1.29 is 10.9 Å². The molecular formula is C29H30Br2N2Ni+2. The maximum atomic E-state index is 3.00. The van der Waals surface area contributed by atoms with Gasteiger partial charge in [-0.15, -0.1) is 0 Å². The summed E-state index contributed by atoms with van der Waals surface area (Å²) in [6.45, 7) is 0. The third-order valence-corrected chi connectivity index (χ3v) is 6.08. The predicted octanol–water partition coefficient (Wildman–Crippen LogP) is 8.82. The number of rotatable bonds is 8. The first-order valence-corrected chi connectivity index (χ1v) is 16.0. The van der Waals surface area contributed by atoms with Gasteiger partial charge in [-0.05, 0) is 41.8 Å². The molecule has 2 unspecified atom stereocenters. The van der Waals surface area contributed by atoms with Gasteiger partial charge in [-0.2, -0.15) is 0 Å². The number of hydrogen-bond acceptors (Lipinski definition) is 2. The van der Waals surface area contributed by atoms with Gasteiger partial charge in [0.25, 0.3) is 0 Å². The summed E-state index contributed by atoms with van der Waals surface area (Å²) in [6.07, 6.45) is 0.963. The Bertz CT molecular complexity index is 979. The van der Waals surface area contributed by atoms with Crippen LogP contribution >= 0.6 is 28.5 Å². The van der Waals surface area contributed by atoms with Gasteiger partial charge in [0.1, 0.15) is 0 Å². The summed E-state index contributed by atoms with van der Waals surface area (Å²) in [7, 11) is 5.66. The summed E-state index contributed by atoms with van der Waals surface area (Å²) in [5.41, 5.74) is 5.11. The normalized spacial score (nSPS) is 12.2. The Kier molecular flexibility index (Phi) is 11.2. The van der Waals surface area contributed by atoms with Crippen LogP contribution in [0.15, 0.2) is 121 Å². The van der Waals surface area contributed by atoms with E-state index in [4.69, 9.17) is 0 Å². The standard InChI is InChI=1S/C29H30N2.2BrH.Ni/c1-30(26-19-11-5-12-20-26)28(24-15-7-3-8-16-24)23-29(25-17-9-4-10-18-25)31(2)27-21-13-6-14-22-27;;;/h3-22,28-29H,23H2,1-2H3;2*1H;/q;;;+4/p-2. The fraction of sp³-hybridized carbons (Fsp3) is 0.172. The zero-order chi connectivity index (χ0) is 24.2. The number of nitrogens with zero attached hydrogens (tertiary/aromatic N) is 2. The van der Waals surface area contributed by atoms with Crippen molar-refractivity contribution in [2.75, 3.05) is 23.9 Å². The summed E-state index contributed by atoms with van der Waals surface area (Å²) in [4.78, 5) is 4.81. The molecule has 2 atom stereocenters. The molecule has 0 fully saturated rings. The Hall–Kier alpha value is -2.07. The molecule has 0 aliphatic heterocycles. The summed E-state index contributed by atoms with van der Waals surface area (Å²) >= 11 is 6.00. The molecule has 0 aromatic heterocycles. The molecule has 0 saturated carbocycles. The van der Waals surface area contributed by atoms with Crippen molar-refractivity contribution in [3.8, 4) is 0 Å². The first-order valence-electron chi connectivity index (χ1n) is 11.1. The molecular weight excluding hydrogens is 595 g/mol. The number of benzene rings is 4. The molecule has 5 heteroatoms. The van der Waals surface area contributed by atoms with E-state index in [9.17, 15) is 0 Å². The van der Waals surface area contributed by atoms with E-state index in [1.165, 1.54) is 33.4 Å². The number of para-hydroxylation sites is 2. The number of anilines is 2. The molecule has 0 heterocycles. The molecule has 34 heavy (non-hydrogen) atoms. The quantitative estimate of drug-likeness (QED) is 0.181. The number of hydrogen-bond donors (Lipinski definition) is 0. The molecule has 178 valence electrons. The second-order valence-electron chi connectivity index (χ2n) is 8.03. The summed E-state index contributed by atoms with van der Waals surface area (Å²) in [5.74, 6) is 0. The molecule has 0 bridgehead atoms. The maximum absolute atomic E-state index is 3.00. The monoisotopic (exact) mass is 622 g/mol. The van der Waals surface area contributed by atoms with Crippen molar-refractivity contribution in [3.63, 3.8) is 0 Å². The van der Waals surface area contributed by atoms with Crippen LogP contribution in [0, 0.1) is 0 Å². The minimum atomic E-state index is 0.236. The minimum absolute atomic E-state index is 0.236. The SMILES string of the molecule is CN(c1ccccc1)C(CC(c1ccccc1)N(C)c1ccccc1)c1ccccc1.[Br][Ni+2][Br]. The van der Waals surface area contributed by atoms with E-state index in [-0.39, 0.29) is 12.1 Å². The molecule has 4 rings (SSSR count). The van der Waals surface area contributed by atoms with Crippen molar-refractivity contribution in [2.24, 2.45) is 0 Å². The van der Waals surface area contributed by atoms with Crippen LogP contribution in [-0.2, 0) is 10.9 Å². The summed E-state index contributed by atoms with van der Waals surface area (Å²) in [6, 6.07) is 43.5. The Balaban J connectivity index is 0.00000103. The fourth-order valence-electron chi connectivity index (χ4n) is 4.28. The zero-order valence-corrected chi connectivity index (χ0v) is 23.5. The second-order valence-corrected chi connectivity index (χ2v) is 13.0. The van der Waals surface area contributed by atoms with Crippen LogP contribution in [-0.4, -0.2) is 14.1 Å². The van der Waals surface area contributed by atoms with Gasteiger partial charge in [-0.3, -0.25) is 0 Å². The van der Waals surface area contributed by atoms with Crippen LogP contribution in [0.4, 0.5) is 11.4 Å². The van der Waals surface area contributed by atoms with E-state index in [1.54, 1.807) is 0 Å². The van der Waals surface area contributed by atoms with Gasteiger partial charge in [0, 0.05) is 25.5 Å². The number of halogens is 2. The van der Waals surface area contributed by atoms with E-state index in [0.717, 1.165) is 6.42 Å². The van der Waals surface area contributed by atoms with Crippen LogP contribution in [0.5, 0.6) is 0 Å². The van der Waals surface area contributed by atoms with Gasteiger partial charge >= 0.3 is 39.3 Å².